The first-order chi connectivity index (χ1) is 10.0. The van der Waals surface area contributed by atoms with E-state index in [4.69, 9.17) is 9.84 Å². The predicted octanol–water partition coefficient (Wildman–Crippen LogP) is 1.43. The van der Waals surface area contributed by atoms with E-state index in [-0.39, 0.29) is 10.0 Å². The fourth-order valence-corrected chi connectivity index (χ4v) is 3.61. The molecule has 0 fully saturated rings. The molecule has 9 nitrogen and oxygen atoms in total. The minimum atomic E-state index is -4.33. The Morgan fingerprint density at radius 3 is 2.50 bits per heavy atom. The van der Waals surface area contributed by atoms with E-state index in [1.165, 1.54) is 6.92 Å². The van der Waals surface area contributed by atoms with Crippen LogP contribution in [0.25, 0.3) is 0 Å². The van der Waals surface area contributed by atoms with E-state index in [1.54, 1.807) is 0 Å². The highest BCUT2D eigenvalue weighted by Gasteiger charge is 2.32. The number of rotatable bonds is 6. The Labute approximate surface area is 134 Å². The van der Waals surface area contributed by atoms with Gasteiger partial charge in [-0.05, 0) is 19.9 Å². The first-order valence-corrected chi connectivity index (χ1v) is 8.07. The number of benzene rings is 1. The van der Waals surface area contributed by atoms with E-state index in [1.807, 2.05) is 4.72 Å². The van der Waals surface area contributed by atoms with Gasteiger partial charge in [-0.3, -0.25) is 14.9 Å². The van der Waals surface area contributed by atoms with Gasteiger partial charge in [0, 0.05) is 10.0 Å². The molecule has 0 saturated carbocycles. The van der Waals surface area contributed by atoms with Gasteiger partial charge in [-0.15, -0.1) is 0 Å². The summed E-state index contributed by atoms with van der Waals surface area (Å²) < 4.78 is 31.5. The lowest BCUT2D eigenvalue weighted by molar-refractivity contribution is -0.386. The summed E-state index contributed by atoms with van der Waals surface area (Å²) in [6.07, 6.45) is 0. The molecule has 0 amide bonds. The molecule has 0 aromatic heterocycles. The van der Waals surface area contributed by atoms with Crippen LogP contribution < -0.4 is 9.46 Å². The molecule has 11 heteroatoms. The van der Waals surface area contributed by atoms with Crippen LogP contribution in [0.5, 0.6) is 5.75 Å². The van der Waals surface area contributed by atoms with Crippen molar-refractivity contribution >= 4 is 37.6 Å². The fourth-order valence-electron chi connectivity index (χ4n) is 1.65. The molecular weight excluding hydrogens is 384 g/mol. The number of ether oxygens (including phenoxy) is 1. The maximum absolute atomic E-state index is 12.3. The third-order valence-corrected chi connectivity index (χ3v) is 5.16. The summed E-state index contributed by atoms with van der Waals surface area (Å²) in [5.41, 5.74) is -0.327. The SMILES string of the molecule is COc1c(S(=O)(=O)NC(C)C(=O)O)cc(Br)c(C)c1[N+](=O)[O-]. The van der Waals surface area contributed by atoms with Gasteiger partial charge in [-0.2, -0.15) is 4.72 Å². The molecule has 0 heterocycles. The van der Waals surface area contributed by atoms with Gasteiger partial charge in [0.15, 0.2) is 0 Å². The molecule has 0 bridgehead atoms. The van der Waals surface area contributed by atoms with Crippen molar-refractivity contribution in [2.75, 3.05) is 7.11 Å². The van der Waals surface area contributed by atoms with Crippen molar-refractivity contribution in [3.63, 3.8) is 0 Å². The number of methoxy groups -OCH3 is 1. The Morgan fingerprint density at radius 2 is 2.09 bits per heavy atom. The number of sulfonamides is 1. The lowest BCUT2D eigenvalue weighted by Crippen LogP contribution is -2.38. The van der Waals surface area contributed by atoms with Crippen molar-refractivity contribution in [1.82, 2.24) is 4.72 Å². The van der Waals surface area contributed by atoms with Gasteiger partial charge in [0.2, 0.25) is 15.8 Å². The number of nitro benzene ring substituents is 1. The Morgan fingerprint density at radius 1 is 1.55 bits per heavy atom. The number of hydrogen-bond donors (Lipinski definition) is 2. The van der Waals surface area contributed by atoms with Crippen molar-refractivity contribution < 1.29 is 28.0 Å². The molecule has 0 aliphatic heterocycles. The Bertz CT molecular complexity index is 732. The van der Waals surface area contributed by atoms with E-state index >= 15 is 0 Å². The number of hydrogen-bond acceptors (Lipinski definition) is 6. The summed E-state index contributed by atoms with van der Waals surface area (Å²) in [5, 5.41) is 19.9. The van der Waals surface area contributed by atoms with E-state index < -0.39 is 43.3 Å². The lowest BCUT2D eigenvalue weighted by atomic mass is 10.2. The fraction of sp³-hybridized carbons (Fsp3) is 0.364. The average molecular weight is 397 g/mol. The van der Waals surface area contributed by atoms with Crippen LogP contribution in [-0.4, -0.2) is 37.6 Å². The third kappa shape index (κ3) is 3.54. The van der Waals surface area contributed by atoms with Gasteiger partial charge < -0.3 is 9.84 Å². The summed E-state index contributed by atoms with van der Waals surface area (Å²) in [6.45, 7) is 2.55. The van der Waals surface area contributed by atoms with Crippen molar-refractivity contribution in [2.45, 2.75) is 24.8 Å². The van der Waals surface area contributed by atoms with Crippen LogP contribution in [0.4, 0.5) is 5.69 Å². The molecule has 0 spiro atoms. The molecule has 0 aliphatic carbocycles. The van der Waals surface area contributed by atoms with Crippen molar-refractivity contribution in [3.8, 4) is 5.75 Å². The molecule has 1 aromatic rings. The number of nitro groups is 1. The van der Waals surface area contributed by atoms with Crippen molar-refractivity contribution in [1.29, 1.82) is 0 Å². The Balaban J connectivity index is 3.60. The average Bonchev–Trinajstić information content (AvgIpc) is 2.39. The predicted molar refractivity (Wildman–Crippen MR) is 79.5 cm³/mol. The minimum Gasteiger partial charge on any atom is -0.489 e. The summed E-state index contributed by atoms with van der Waals surface area (Å²) in [4.78, 5) is 20.7. The highest BCUT2D eigenvalue weighted by molar-refractivity contribution is 9.10. The minimum absolute atomic E-state index is 0.184. The van der Waals surface area contributed by atoms with E-state index in [0.717, 1.165) is 20.1 Å². The van der Waals surface area contributed by atoms with Crippen LogP contribution in [0.15, 0.2) is 15.4 Å². The largest absolute Gasteiger partial charge is 0.489 e. The Kier molecular flexibility index (Phi) is 5.49. The first-order valence-electron chi connectivity index (χ1n) is 5.79. The number of carboxylic acids is 1. The number of aliphatic carboxylic acids is 1. The Hall–Kier alpha value is -1.72. The van der Waals surface area contributed by atoms with Gasteiger partial charge >= 0.3 is 11.7 Å². The molecule has 1 unspecified atom stereocenters. The molecule has 22 heavy (non-hydrogen) atoms. The summed E-state index contributed by atoms with van der Waals surface area (Å²) in [7, 11) is -3.24. The van der Waals surface area contributed by atoms with Crippen molar-refractivity contribution in [2.24, 2.45) is 0 Å². The molecule has 1 atom stereocenters. The van der Waals surface area contributed by atoms with E-state index in [9.17, 15) is 23.3 Å². The first kappa shape index (κ1) is 18.3. The molecule has 1 aromatic carbocycles. The van der Waals surface area contributed by atoms with E-state index in [0.29, 0.717) is 0 Å². The van der Waals surface area contributed by atoms with Crippen molar-refractivity contribution in [3.05, 3.63) is 26.2 Å². The molecule has 0 saturated heterocycles. The highest BCUT2D eigenvalue weighted by Crippen LogP contribution is 2.40. The molecule has 122 valence electrons. The zero-order valence-corrected chi connectivity index (χ0v) is 14.2. The van der Waals surface area contributed by atoms with Gasteiger partial charge in [0.05, 0.1) is 12.0 Å². The van der Waals surface area contributed by atoms with Crippen LogP contribution in [0.1, 0.15) is 12.5 Å². The standard InChI is InChI=1S/C11H13BrN2O7S/c1-5-7(12)4-8(10(21-3)9(5)14(17)18)22(19,20)13-6(2)11(15)16/h4,6,13H,1-3H3,(H,15,16). The topological polar surface area (TPSA) is 136 Å². The second-order valence-corrected chi connectivity index (χ2v) is 6.84. The number of carboxylic acid groups (broad SMARTS) is 1. The maximum Gasteiger partial charge on any atom is 0.321 e. The van der Waals surface area contributed by atoms with Gasteiger partial charge in [0.25, 0.3) is 0 Å². The number of nitrogens with one attached hydrogen (secondary N) is 1. The lowest BCUT2D eigenvalue weighted by Gasteiger charge is -2.15. The van der Waals surface area contributed by atoms with Crippen LogP contribution in [0, 0.1) is 17.0 Å². The van der Waals surface area contributed by atoms with E-state index in [2.05, 4.69) is 15.9 Å². The third-order valence-electron chi connectivity index (χ3n) is 2.79. The van der Waals surface area contributed by atoms with Gasteiger partial charge in [-0.1, -0.05) is 15.9 Å². The molecule has 0 aliphatic rings. The quantitative estimate of drug-likeness (QED) is 0.547. The summed E-state index contributed by atoms with van der Waals surface area (Å²) >= 11 is 3.05. The normalized spacial score (nSPS) is 12.7. The maximum atomic E-state index is 12.3. The van der Waals surface area contributed by atoms with Crippen LogP contribution >= 0.6 is 15.9 Å². The van der Waals surface area contributed by atoms with Crippen LogP contribution in [0.3, 0.4) is 0 Å². The second kappa shape index (κ2) is 6.58. The summed E-state index contributed by atoms with van der Waals surface area (Å²) in [5.74, 6) is -1.85. The smallest absolute Gasteiger partial charge is 0.321 e. The second-order valence-electron chi connectivity index (χ2n) is 4.30. The highest BCUT2D eigenvalue weighted by atomic mass is 79.9. The van der Waals surface area contributed by atoms with Crippen LogP contribution in [0.2, 0.25) is 0 Å². The molecule has 2 N–H and O–H groups in total. The zero-order chi connectivity index (χ0) is 17.2. The zero-order valence-electron chi connectivity index (χ0n) is 11.8. The molecular formula is C11H13BrN2O7S. The van der Waals surface area contributed by atoms with Gasteiger partial charge in [0.1, 0.15) is 10.9 Å². The van der Waals surface area contributed by atoms with Gasteiger partial charge in [-0.25, -0.2) is 8.42 Å². The number of nitrogens with zero attached hydrogens (tertiary/aromatic N) is 1. The summed E-state index contributed by atoms with van der Waals surface area (Å²) in [6, 6.07) is -0.285. The monoisotopic (exact) mass is 396 g/mol. The number of halogens is 1. The molecule has 1 rings (SSSR count). The molecule has 0 radical (unpaired) electrons. The van der Waals surface area contributed by atoms with Crippen LogP contribution in [-0.2, 0) is 14.8 Å². The number of carbonyl (C=O) groups is 1.